The molecule has 2 N–H and O–H groups in total. The largest absolute Gasteiger partial charge is 0.320 e. The molecule has 0 bridgehead atoms. The Kier molecular flexibility index (Phi) is 4.09. The molecule has 0 aliphatic carbocycles. The number of nitrogens with two attached hydrogens (primary N) is 1. The molecule has 0 amide bonds. The van der Waals surface area contributed by atoms with E-state index >= 15 is 0 Å². The van der Waals surface area contributed by atoms with Gasteiger partial charge in [-0.25, -0.2) is 8.78 Å². The monoisotopic (exact) mass is 301 g/mol. The van der Waals surface area contributed by atoms with E-state index in [0.717, 1.165) is 0 Å². The predicted octanol–water partition coefficient (Wildman–Crippen LogP) is 4.63. The zero-order valence-corrected chi connectivity index (χ0v) is 11.6. The normalized spacial score (nSPS) is 12.5. The molecule has 0 fully saturated rings. The summed E-state index contributed by atoms with van der Waals surface area (Å²) in [4.78, 5) is 0. The highest BCUT2D eigenvalue weighted by atomic mass is 35.5. The Hall–Kier alpha value is -1.16. The lowest BCUT2D eigenvalue weighted by molar-refractivity contribution is 0.616. The highest BCUT2D eigenvalue weighted by Crippen LogP contribution is 2.32. The van der Waals surface area contributed by atoms with Crippen LogP contribution in [-0.2, 0) is 0 Å². The zero-order chi connectivity index (χ0) is 14.2. The van der Waals surface area contributed by atoms with Crippen LogP contribution in [0.5, 0.6) is 0 Å². The van der Waals surface area contributed by atoms with Gasteiger partial charge in [0.15, 0.2) is 0 Å². The second-order valence-electron chi connectivity index (χ2n) is 4.27. The molecule has 0 aromatic heterocycles. The van der Waals surface area contributed by atoms with Crippen molar-refractivity contribution in [3.63, 3.8) is 0 Å². The van der Waals surface area contributed by atoms with Gasteiger partial charge in [-0.2, -0.15) is 0 Å². The summed E-state index contributed by atoms with van der Waals surface area (Å²) in [6.07, 6.45) is 0. The Balaban J connectivity index is 2.49. The average Bonchev–Trinajstić information content (AvgIpc) is 2.33. The first-order valence-electron chi connectivity index (χ1n) is 5.56. The molecular weight excluding hydrogens is 291 g/mol. The Labute approximate surface area is 119 Å². The van der Waals surface area contributed by atoms with Gasteiger partial charge in [-0.15, -0.1) is 0 Å². The second kappa shape index (κ2) is 5.45. The lowest BCUT2D eigenvalue weighted by Gasteiger charge is -2.16. The Morgan fingerprint density at radius 1 is 1.00 bits per heavy atom. The minimum atomic E-state index is -0.639. The molecule has 19 heavy (non-hydrogen) atoms. The molecule has 1 nitrogen and oxygen atoms in total. The number of hydrogen-bond donors (Lipinski definition) is 1. The molecule has 1 unspecified atom stereocenters. The van der Waals surface area contributed by atoms with Crippen molar-refractivity contribution in [2.24, 2.45) is 5.73 Å². The highest BCUT2D eigenvalue weighted by Gasteiger charge is 2.17. The van der Waals surface area contributed by atoms with Crippen LogP contribution in [0.2, 0.25) is 10.0 Å². The van der Waals surface area contributed by atoms with Crippen LogP contribution >= 0.6 is 23.2 Å². The van der Waals surface area contributed by atoms with Crippen LogP contribution in [0.15, 0.2) is 30.3 Å². The third-order valence-corrected chi connectivity index (χ3v) is 3.57. The maximum absolute atomic E-state index is 13.4. The van der Waals surface area contributed by atoms with Crippen molar-refractivity contribution in [2.45, 2.75) is 13.0 Å². The van der Waals surface area contributed by atoms with E-state index in [2.05, 4.69) is 0 Å². The van der Waals surface area contributed by atoms with Gasteiger partial charge in [-0.3, -0.25) is 0 Å². The van der Waals surface area contributed by atoms with Crippen molar-refractivity contribution in [3.05, 3.63) is 68.7 Å². The van der Waals surface area contributed by atoms with Gasteiger partial charge in [0.25, 0.3) is 0 Å². The van der Waals surface area contributed by atoms with E-state index in [9.17, 15) is 8.78 Å². The lowest BCUT2D eigenvalue weighted by Crippen LogP contribution is -2.13. The molecule has 2 rings (SSSR count). The summed E-state index contributed by atoms with van der Waals surface area (Å²) in [5, 5.41) is 0.432. The van der Waals surface area contributed by atoms with Crippen LogP contribution in [0.1, 0.15) is 22.7 Å². The van der Waals surface area contributed by atoms with Crippen LogP contribution in [0, 0.1) is 18.6 Å². The van der Waals surface area contributed by atoms with Crippen molar-refractivity contribution < 1.29 is 8.78 Å². The molecule has 0 radical (unpaired) electrons. The van der Waals surface area contributed by atoms with E-state index in [1.165, 1.54) is 24.3 Å². The van der Waals surface area contributed by atoms with Gasteiger partial charge in [0.1, 0.15) is 11.6 Å². The SMILES string of the molecule is Cc1cc(C(N)c2ccc(F)cc2Cl)c(Cl)cc1F. The fourth-order valence-corrected chi connectivity index (χ4v) is 2.39. The van der Waals surface area contributed by atoms with Gasteiger partial charge in [0.05, 0.1) is 6.04 Å². The maximum atomic E-state index is 13.4. The molecule has 0 spiro atoms. The van der Waals surface area contributed by atoms with Crippen molar-refractivity contribution in [2.75, 3.05) is 0 Å². The quantitative estimate of drug-likeness (QED) is 0.860. The predicted molar refractivity (Wildman–Crippen MR) is 73.6 cm³/mol. The third kappa shape index (κ3) is 2.89. The van der Waals surface area contributed by atoms with E-state index in [1.807, 2.05) is 0 Å². The molecular formula is C14H11Cl2F2N. The fraction of sp³-hybridized carbons (Fsp3) is 0.143. The van der Waals surface area contributed by atoms with Crippen molar-refractivity contribution in [1.29, 1.82) is 0 Å². The first kappa shape index (κ1) is 14.3. The van der Waals surface area contributed by atoms with Gasteiger partial charge in [0, 0.05) is 10.0 Å². The van der Waals surface area contributed by atoms with E-state index in [1.54, 1.807) is 13.0 Å². The van der Waals surface area contributed by atoms with Crippen LogP contribution in [0.3, 0.4) is 0 Å². The summed E-state index contributed by atoms with van der Waals surface area (Å²) < 4.78 is 26.4. The van der Waals surface area contributed by atoms with E-state index in [0.29, 0.717) is 16.7 Å². The molecule has 0 aliphatic rings. The summed E-state index contributed by atoms with van der Waals surface area (Å²) in [5.41, 5.74) is 7.60. The smallest absolute Gasteiger partial charge is 0.127 e. The van der Waals surface area contributed by atoms with Crippen LogP contribution in [0.25, 0.3) is 0 Å². The molecule has 100 valence electrons. The first-order chi connectivity index (χ1) is 8.90. The van der Waals surface area contributed by atoms with Gasteiger partial charge in [0.2, 0.25) is 0 Å². The number of aryl methyl sites for hydroxylation is 1. The number of hydrogen-bond acceptors (Lipinski definition) is 1. The number of rotatable bonds is 2. The molecule has 5 heteroatoms. The summed E-state index contributed by atoms with van der Waals surface area (Å²) in [6.45, 7) is 1.62. The van der Waals surface area contributed by atoms with Crippen molar-refractivity contribution >= 4 is 23.2 Å². The first-order valence-corrected chi connectivity index (χ1v) is 6.32. The van der Waals surface area contributed by atoms with E-state index in [-0.39, 0.29) is 10.0 Å². The maximum Gasteiger partial charge on any atom is 0.127 e. The third-order valence-electron chi connectivity index (χ3n) is 2.91. The summed E-state index contributed by atoms with van der Waals surface area (Å²) >= 11 is 12.0. The minimum absolute atomic E-state index is 0.213. The second-order valence-corrected chi connectivity index (χ2v) is 5.08. The van der Waals surface area contributed by atoms with Crippen molar-refractivity contribution in [3.8, 4) is 0 Å². The van der Waals surface area contributed by atoms with Crippen molar-refractivity contribution in [1.82, 2.24) is 0 Å². The fourth-order valence-electron chi connectivity index (χ4n) is 1.84. The molecule has 0 heterocycles. The molecule has 0 saturated carbocycles. The Bertz CT molecular complexity index is 629. The molecule has 2 aromatic carbocycles. The molecule has 0 aliphatic heterocycles. The van der Waals surface area contributed by atoms with E-state index < -0.39 is 17.7 Å². The van der Waals surface area contributed by atoms with E-state index in [4.69, 9.17) is 28.9 Å². The Morgan fingerprint density at radius 2 is 1.63 bits per heavy atom. The summed E-state index contributed by atoms with van der Waals surface area (Å²) in [5.74, 6) is -0.839. The minimum Gasteiger partial charge on any atom is -0.320 e. The topological polar surface area (TPSA) is 26.0 Å². The molecule has 2 aromatic rings. The van der Waals surface area contributed by atoms with Gasteiger partial charge in [-0.05, 0) is 47.9 Å². The summed E-state index contributed by atoms with van der Waals surface area (Å²) in [7, 11) is 0. The molecule has 1 atom stereocenters. The Morgan fingerprint density at radius 3 is 2.26 bits per heavy atom. The van der Waals surface area contributed by atoms with Gasteiger partial charge in [-0.1, -0.05) is 29.3 Å². The number of halogens is 4. The molecule has 0 saturated heterocycles. The van der Waals surface area contributed by atoms with Gasteiger partial charge >= 0.3 is 0 Å². The van der Waals surface area contributed by atoms with Gasteiger partial charge < -0.3 is 5.73 Å². The lowest BCUT2D eigenvalue weighted by atomic mass is 9.98. The summed E-state index contributed by atoms with van der Waals surface area (Å²) in [6, 6.07) is 6.09. The highest BCUT2D eigenvalue weighted by molar-refractivity contribution is 6.32. The average molecular weight is 302 g/mol. The standard InChI is InChI=1S/C14H11Cl2F2N/c1-7-4-10(12(16)6-13(7)18)14(19)9-3-2-8(17)5-11(9)15/h2-6,14H,19H2,1H3. The van der Waals surface area contributed by atoms with Crippen LogP contribution in [-0.4, -0.2) is 0 Å². The zero-order valence-electron chi connectivity index (χ0n) is 10.1. The van der Waals surface area contributed by atoms with Crippen LogP contribution < -0.4 is 5.73 Å². The van der Waals surface area contributed by atoms with Crippen LogP contribution in [0.4, 0.5) is 8.78 Å². The number of benzene rings is 2.